The fourth-order valence-corrected chi connectivity index (χ4v) is 1.44. The third kappa shape index (κ3) is 1.50. The van der Waals surface area contributed by atoms with Crippen molar-refractivity contribution in [2.45, 2.75) is 19.4 Å². The lowest BCUT2D eigenvalue weighted by atomic mass is 10.0. The van der Waals surface area contributed by atoms with E-state index < -0.39 is 0 Å². The summed E-state index contributed by atoms with van der Waals surface area (Å²) in [5.74, 6) is 1.40. The molecule has 2 rings (SSSR count). The van der Waals surface area contributed by atoms with Crippen LogP contribution in [0.5, 0.6) is 0 Å². The number of oxazole rings is 1. The van der Waals surface area contributed by atoms with Crippen molar-refractivity contribution in [3.8, 4) is 0 Å². The highest BCUT2D eigenvalue weighted by Gasteiger charge is 2.35. The van der Waals surface area contributed by atoms with Crippen LogP contribution in [0.3, 0.4) is 0 Å². The van der Waals surface area contributed by atoms with Gasteiger partial charge in [0.2, 0.25) is 11.8 Å². The molecule has 0 radical (unpaired) electrons. The second-order valence-corrected chi connectivity index (χ2v) is 3.74. The molecule has 0 saturated carbocycles. The summed E-state index contributed by atoms with van der Waals surface area (Å²) in [7, 11) is 0. The van der Waals surface area contributed by atoms with Crippen molar-refractivity contribution in [1.82, 2.24) is 15.6 Å². The molecule has 0 aromatic carbocycles. The fourth-order valence-electron chi connectivity index (χ4n) is 1.44. The molecule has 5 nitrogen and oxygen atoms in total. The highest BCUT2D eigenvalue weighted by atomic mass is 16.4. The van der Waals surface area contributed by atoms with Gasteiger partial charge in [-0.05, 0) is 13.8 Å². The minimum atomic E-state index is -0.387. The van der Waals surface area contributed by atoms with Crippen LogP contribution in [0, 0.1) is 6.92 Å². The molecule has 76 valence electrons. The number of piperazine rings is 1. The van der Waals surface area contributed by atoms with Crippen LogP contribution in [0.4, 0.5) is 0 Å². The average molecular weight is 195 g/mol. The lowest BCUT2D eigenvalue weighted by molar-refractivity contribution is -0.122. The molecule has 1 aliphatic heterocycles. The Bertz CT molecular complexity index is 349. The zero-order chi connectivity index (χ0) is 10.2. The monoisotopic (exact) mass is 195 g/mol. The molecule has 1 unspecified atom stereocenters. The second-order valence-electron chi connectivity index (χ2n) is 3.74. The first-order valence-electron chi connectivity index (χ1n) is 4.55. The molecule has 5 heteroatoms. The molecule has 1 fully saturated rings. The van der Waals surface area contributed by atoms with Gasteiger partial charge in [-0.3, -0.25) is 10.1 Å². The van der Waals surface area contributed by atoms with Crippen molar-refractivity contribution in [2.75, 3.05) is 13.1 Å². The number of amides is 1. The van der Waals surface area contributed by atoms with E-state index in [4.69, 9.17) is 4.42 Å². The molecule has 2 heterocycles. The van der Waals surface area contributed by atoms with Crippen LogP contribution in [0.15, 0.2) is 10.6 Å². The van der Waals surface area contributed by atoms with Crippen molar-refractivity contribution >= 4 is 5.91 Å². The maximum absolute atomic E-state index is 11.0. The second kappa shape index (κ2) is 3.09. The number of hydrogen-bond donors (Lipinski definition) is 2. The van der Waals surface area contributed by atoms with E-state index in [1.807, 2.05) is 13.8 Å². The Kier molecular flexibility index (Phi) is 2.03. The van der Waals surface area contributed by atoms with Gasteiger partial charge in [0.15, 0.2) is 0 Å². The lowest BCUT2D eigenvalue weighted by Crippen LogP contribution is -2.57. The highest BCUT2D eigenvalue weighted by molar-refractivity contribution is 5.79. The SMILES string of the molecule is Cc1cnc(C2(C)CNC(=O)CN2)o1. The Balaban J connectivity index is 2.20. The number of aromatic nitrogens is 1. The predicted octanol–water partition coefficient (Wildman–Crippen LogP) is -0.0824. The predicted molar refractivity (Wildman–Crippen MR) is 49.6 cm³/mol. The van der Waals surface area contributed by atoms with Crippen molar-refractivity contribution in [1.29, 1.82) is 0 Å². The van der Waals surface area contributed by atoms with E-state index in [0.29, 0.717) is 19.0 Å². The first-order chi connectivity index (χ1) is 6.60. The normalized spacial score (nSPS) is 27.4. The molecule has 1 aromatic heterocycles. The van der Waals surface area contributed by atoms with Crippen LogP contribution >= 0.6 is 0 Å². The molecule has 1 amide bonds. The average Bonchev–Trinajstić information content (AvgIpc) is 2.58. The summed E-state index contributed by atoms with van der Waals surface area (Å²) >= 11 is 0. The smallest absolute Gasteiger partial charge is 0.234 e. The lowest BCUT2D eigenvalue weighted by Gasteiger charge is -2.31. The van der Waals surface area contributed by atoms with Crippen molar-refractivity contribution < 1.29 is 9.21 Å². The first kappa shape index (κ1) is 9.21. The molecule has 0 bridgehead atoms. The quantitative estimate of drug-likeness (QED) is 0.657. The highest BCUT2D eigenvalue weighted by Crippen LogP contribution is 2.20. The van der Waals surface area contributed by atoms with Gasteiger partial charge in [-0.15, -0.1) is 0 Å². The van der Waals surface area contributed by atoms with Gasteiger partial charge in [-0.25, -0.2) is 4.98 Å². The van der Waals surface area contributed by atoms with E-state index >= 15 is 0 Å². The summed E-state index contributed by atoms with van der Waals surface area (Å²) < 4.78 is 5.44. The topological polar surface area (TPSA) is 67.2 Å². The summed E-state index contributed by atoms with van der Waals surface area (Å²) in [6.45, 7) is 4.61. The number of rotatable bonds is 1. The Hall–Kier alpha value is -1.36. The summed E-state index contributed by atoms with van der Waals surface area (Å²) in [5.41, 5.74) is -0.387. The molecular formula is C9H13N3O2. The molecule has 1 atom stereocenters. The first-order valence-corrected chi connectivity index (χ1v) is 4.55. The van der Waals surface area contributed by atoms with E-state index in [1.165, 1.54) is 0 Å². The maximum atomic E-state index is 11.0. The Morgan fingerprint density at radius 3 is 2.93 bits per heavy atom. The zero-order valence-electron chi connectivity index (χ0n) is 8.26. The Morgan fingerprint density at radius 2 is 2.43 bits per heavy atom. The van der Waals surface area contributed by atoms with Gasteiger partial charge in [-0.2, -0.15) is 0 Å². The van der Waals surface area contributed by atoms with Gasteiger partial charge >= 0.3 is 0 Å². The number of hydrogen-bond acceptors (Lipinski definition) is 4. The van der Waals surface area contributed by atoms with Crippen LogP contribution in [0.25, 0.3) is 0 Å². The van der Waals surface area contributed by atoms with Crippen LogP contribution in [-0.2, 0) is 10.3 Å². The minimum absolute atomic E-state index is 0.00533. The van der Waals surface area contributed by atoms with Crippen LogP contribution in [-0.4, -0.2) is 24.0 Å². The van der Waals surface area contributed by atoms with Crippen LogP contribution < -0.4 is 10.6 Å². The van der Waals surface area contributed by atoms with E-state index in [-0.39, 0.29) is 11.4 Å². The van der Waals surface area contributed by atoms with Gasteiger partial charge in [0.25, 0.3) is 0 Å². The van der Waals surface area contributed by atoms with Crippen molar-refractivity contribution in [2.24, 2.45) is 0 Å². The van der Waals surface area contributed by atoms with Crippen molar-refractivity contribution in [3.63, 3.8) is 0 Å². The minimum Gasteiger partial charge on any atom is -0.444 e. The molecule has 0 aliphatic carbocycles. The zero-order valence-corrected chi connectivity index (χ0v) is 8.26. The molecule has 1 saturated heterocycles. The van der Waals surface area contributed by atoms with E-state index in [2.05, 4.69) is 15.6 Å². The molecular weight excluding hydrogens is 182 g/mol. The molecule has 2 N–H and O–H groups in total. The van der Waals surface area contributed by atoms with E-state index in [1.54, 1.807) is 6.20 Å². The van der Waals surface area contributed by atoms with Crippen LogP contribution in [0.1, 0.15) is 18.6 Å². The maximum Gasteiger partial charge on any atom is 0.234 e. The number of aryl methyl sites for hydroxylation is 1. The third-order valence-electron chi connectivity index (χ3n) is 2.37. The molecule has 1 aromatic rings. The van der Waals surface area contributed by atoms with Crippen molar-refractivity contribution in [3.05, 3.63) is 17.8 Å². The van der Waals surface area contributed by atoms with Crippen LogP contribution in [0.2, 0.25) is 0 Å². The van der Waals surface area contributed by atoms with E-state index in [9.17, 15) is 4.79 Å². The van der Waals surface area contributed by atoms with Gasteiger partial charge in [0.1, 0.15) is 11.3 Å². The van der Waals surface area contributed by atoms with Gasteiger partial charge < -0.3 is 9.73 Å². The number of carbonyl (C=O) groups is 1. The third-order valence-corrected chi connectivity index (χ3v) is 2.37. The van der Waals surface area contributed by atoms with Gasteiger partial charge in [0.05, 0.1) is 12.7 Å². The summed E-state index contributed by atoms with van der Waals surface area (Å²) in [4.78, 5) is 15.1. The summed E-state index contributed by atoms with van der Waals surface area (Å²) in [5, 5.41) is 5.89. The summed E-state index contributed by atoms with van der Waals surface area (Å²) in [6.07, 6.45) is 1.68. The fraction of sp³-hybridized carbons (Fsp3) is 0.556. The summed E-state index contributed by atoms with van der Waals surface area (Å²) in [6, 6.07) is 0. The van der Waals surface area contributed by atoms with E-state index in [0.717, 1.165) is 5.76 Å². The number of carbonyl (C=O) groups excluding carboxylic acids is 1. The molecule has 0 spiro atoms. The Morgan fingerprint density at radius 1 is 1.64 bits per heavy atom. The number of nitrogens with zero attached hydrogens (tertiary/aromatic N) is 1. The van der Waals surface area contributed by atoms with Gasteiger partial charge in [0, 0.05) is 6.54 Å². The largest absolute Gasteiger partial charge is 0.444 e. The molecule has 14 heavy (non-hydrogen) atoms. The van der Waals surface area contributed by atoms with Gasteiger partial charge in [-0.1, -0.05) is 0 Å². The Labute approximate surface area is 81.9 Å². The number of nitrogens with one attached hydrogen (secondary N) is 2. The standard InChI is InChI=1S/C9H13N3O2/c1-6-3-10-8(14-6)9(2)5-11-7(13)4-12-9/h3,12H,4-5H2,1-2H3,(H,11,13). The molecule has 1 aliphatic rings.